The van der Waals surface area contributed by atoms with E-state index in [1.807, 2.05) is 48.5 Å². The zero-order chi connectivity index (χ0) is 26.7. The molecule has 40 heavy (non-hydrogen) atoms. The van der Waals surface area contributed by atoms with Gasteiger partial charge in [-0.2, -0.15) is 0 Å². The van der Waals surface area contributed by atoms with Crippen LogP contribution in [0.2, 0.25) is 0 Å². The lowest BCUT2D eigenvalue weighted by Crippen LogP contribution is -1.84. The third kappa shape index (κ3) is 4.52. The summed E-state index contributed by atoms with van der Waals surface area (Å²) in [7, 11) is 0. The fourth-order valence-electron chi connectivity index (χ4n) is 5.04. The molecule has 0 fully saturated rings. The molecule has 2 heterocycles. The molecule has 2 N–H and O–H groups in total. The van der Waals surface area contributed by atoms with Gasteiger partial charge in [0.2, 0.25) is 0 Å². The Bertz CT molecular complexity index is 1600. The van der Waals surface area contributed by atoms with Gasteiger partial charge in [0.1, 0.15) is 11.6 Å². The van der Waals surface area contributed by atoms with Crippen LogP contribution in [0.5, 0.6) is 0 Å². The summed E-state index contributed by atoms with van der Waals surface area (Å²) >= 11 is 0. The van der Waals surface area contributed by atoms with Gasteiger partial charge in [0.25, 0.3) is 0 Å². The third-order valence-corrected chi connectivity index (χ3v) is 7.06. The molecule has 2 aromatic heterocycles. The number of hydrogen-bond donors (Lipinski definition) is 2. The first-order valence-electron chi connectivity index (χ1n) is 13.4. The summed E-state index contributed by atoms with van der Waals surface area (Å²) in [6.07, 6.45) is 0. The molecule has 5 aromatic carbocycles. The van der Waals surface area contributed by atoms with E-state index in [2.05, 4.69) is 107 Å². The van der Waals surface area contributed by atoms with Crippen molar-refractivity contribution < 1.29 is 0 Å². The average Bonchev–Trinajstić information content (AvgIpc) is 3.69. The van der Waals surface area contributed by atoms with Crippen LogP contribution >= 0.6 is 0 Å². The predicted molar refractivity (Wildman–Crippen MR) is 163 cm³/mol. The maximum Gasteiger partial charge on any atom is 0.138 e. The summed E-state index contributed by atoms with van der Waals surface area (Å²) < 4.78 is 0. The highest BCUT2D eigenvalue weighted by molar-refractivity contribution is 5.83. The van der Waals surface area contributed by atoms with E-state index in [-0.39, 0.29) is 0 Å². The lowest BCUT2D eigenvalue weighted by Gasteiger charge is -2.02. The number of imidazole rings is 2. The van der Waals surface area contributed by atoms with Gasteiger partial charge in [0.15, 0.2) is 0 Å². The van der Waals surface area contributed by atoms with Gasteiger partial charge in [-0.15, -0.1) is 0 Å². The average molecular weight is 515 g/mol. The summed E-state index contributed by atoms with van der Waals surface area (Å²) in [5.74, 6) is 1.66. The minimum atomic E-state index is 0.832. The molecule has 4 nitrogen and oxygen atoms in total. The first-order chi connectivity index (χ1) is 19.8. The van der Waals surface area contributed by atoms with Crippen LogP contribution in [0.15, 0.2) is 146 Å². The molecule has 0 aliphatic heterocycles. The van der Waals surface area contributed by atoms with E-state index in [9.17, 15) is 0 Å². The Hall–Kier alpha value is -5.48. The first-order valence-corrected chi connectivity index (χ1v) is 13.4. The second-order valence-electron chi connectivity index (χ2n) is 9.66. The van der Waals surface area contributed by atoms with E-state index in [0.29, 0.717) is 0 Å². The molecule has 0 amide bonds. The van der Waals surface area contributed by atoms with E-state index in [1.54, 1.807) is 0 Å². The Labute approximate surface area is 233 Å². The number of H-pyrrole nitrogens is 2. The van der Waals surface area contributed by atoms with Crippen molar-refractivity contribution >= 4 is 0 Å². The van der Waals surface area contributed by atoms with Gasteiger partial charge >= 0.3 is 0 Å². The monoisotopic (exact) mass is 514 g/mol. The Morgan fingerprint density at radius 2 is 0.600 bits per heavy atom. The summed E-state index contributed by atoms with van der Waals surface area (Å²) in [6, 6.07) is 49.7. The molecule has 0 aliphatic rings. The minimum absolute atomic E-state index is 0.832. The number of rotatable bonds is 6. The fourth-order valence-corrected chi connectivity index (χ4v) is 5.04. The molecule has 0 bridgehead atoms. The maximum atomic E-state index is 5.05. The highest BCUT2D eigenvalue weighted by Crippen LogP contribution is 2.35. The fraction of sp³-hybridized carbons (Fsp3) is 0. The number of aromatic nitrogens is 4. The molecule has 0 atom stereocenters. The van der Waals surface area contributed by atoms with E-state index < -0.39 is 0 Å². The van der Waals surface area contributed by atoms with E-state index in [4.69, 9.17) is 9.97 Å². The first kappa shape index (κ1) is 23.6. The Morgan fingerprint density at radius 3 is 0.925 bits per heavy atom. The number of hydrogen-bond acceptors (Lipinski definition) is 2. The summed E-state index contributed by atoms with van der Waals surface area (Å²) in [4.78, 5) is 17.3. The number of nitrogens with one attached hydrogen (secondary N) is 2. The van der Waals surface area contributed by atoms with Gasteiger partial charge in [-0.3, -0.25) is 0 Å². The van der Waals surface area contributed by atoms with E-state index >= 15 is 0 Å². The third-order valence-electron chi connectivity index (χ3n) is 7.06. The quantitative estimate of drug-likeness (QED) is 0.232. The van der Waals surface area contributed by atoms with E-state index in [0.717, 1.165) is 67.8 Å². The Kier molecular flexibility index (Phi) is 6.11. The molecule has 7 aromatic rings. The van der Waals surface area contributed by atoms with Gasteiger partial charge in [0, 0.05) is 33.4 Å². The van der Waals surface area contributed by atoms with Crippen LogP contribution in [0.25, 0.3) is 67.8 Å². The van der Waals surface area contributed by atoms with Gasteiger partial charge in [-0.05, 0) is 0 Å². The minimum Gasteiger partial charge on any atom is -0.337 e. The van der Waals surface area contributed by atoms with Crippen LogP contribution in [0, 0.1) is 0 Å². The summed E-state index contributed by atoms with van der Waals surface area (Å²) in [6.45, 7) is 0. The number of benzene rings is 5. The van der Waals surface area contributed by atoms with Gasteiger partial charge in [-0.1, -0.05) is 146 Å². The van der Waals surface area contributed by atoms with Gasteiger partial charge < -0.3 is 9.97 Å². The highest BCUT2D eigenvalue weighted by atomic mass is 14.9. The van der Waals surface area contributed by atoms with Crippen LogP contribution in [0.3, 0.4) is 0 Å². The van der Waals surface area contributed by atoms with Crippen LogP contribution < -0.4 is 0 Å². The summed E-state index contributed by atoms with van der Waals surface area (Å²) in [5.41, 5.74) is 10.3. The Morgan fingerprint density at radius 1 is 0.300 bits per heavy atom. The maximum absolute atomic E-state index is 5.05. The lowest BCUT2D eigenvalue weighted by molar-refractivity contribution is 1.29. The zero-order valence-corrected chi connectivity index (χ0v) is 21.8. The predicted octanol–water partition coefficient (Wildman–Crippen LogP) is 9.13. The SMILES string of the molecule is c1ccc(-c2nc(-c3ccc(-c4nc(-c5ccccc5)c(-c5ccccc5)[nH]4)cc3)[nH]c2-c2ccccc2)cc1. The Balaban J connectivity index is 1.28. The van der Waals surface area contributed by atoms with Crippen molar-refractivity contribution in [2.45, 2.75) is 0 Å². The van der Waals surface area contributed by atoms with E-state index in [1.165, 1.54) is 0 Å². The summed E-state index contributed by atoms with van der Waals surface area (Å²) in [5, 5.41) is 0. The van der Waals surface area contributed by atoms with Crippen molar-refractivity contribution in [1.82, 2.24) is 19.9 Å². The molecule has 7 rings (SSSR count). The molecule has 0 saturated carbocycles. The van der Waals surface area contributed by atoms with Crippen molar-refractivity contribution in [3.63, 3.8) is 0 Å². The molecule has 0 unspecified atom stereocenters. The molecular weight excluding hydrogens is 488 g/mol. The second-order valence-corrected chi connectivity index (χ2v) is 9.66. The van der Waals surface area contributed by atoms with Crippen LogP contribution in [-0.4, -0.2) is 19.9 Å². The normalized spacial score (nSPS) is 11.0. The molecule has 0 saturated heterocycles. The molecule has 0 radical (unpaired) electrons. The number of aromatic amines is 2. The van der Waals surface area contributed by atoms with Crippen LogP contribution in [0.1, 0.15) is 0 Å². The molecule has 0 aliphatic carbocycles. The van der Waals surface area contributed by atoms with Gasteiger partial charge in [0.05, 0.1) is 22.8 Å². The molecule has 190 valence electrons. The van der Waals surface area contributed by atoms with Crippen molar-refractivity contribution in [1.29, 1.82) is 0 Å². The highest BCUT2D eigenvalue weighted by Gasteiger charge is 2.17. The van der Waals surface area contributed by atoms with Crippen molar-refractivity contribution in [3.8, 4) is 67.8 Å². The topological polar surface area (TPSA) is 57.4 Å². The van der Waals surface area contributed by atoms with Crippen molar-refractivity contribution in [3.05, 3.63) is 146 Å². The van der Waals surface area contributed by atoms with Crippen LogP contribution in [0.4, 0.5) is 0 Å². The standard InChI is InChI=1S/C36H26N4/c1-5-13-25(14-6-1)31-32(26-15-7-2-8-16-26)38-35(37-31)29-21-23-30(24-22-29)36-39-33(27-17-9-3-10-18-27)34(40-36)28-19-11-4-12-20-28/h1-24H,(H,37,38)(H,39,40). The van der Waals surface area contributed by atoms with Crippen molar-refractivity contribution in [2.24, 2.45) is 0 Å². The zero-order valence-electron chi connectivity index (χ0n) is 21.8. The molecule has 0 spiro atoms. The largest absolute Gasteiger partial charge is 0.337 e. The van der Waals surface area contributed by atoms with Crippen LogP contribution in [-0.2, 0) is 0 Å². The molecular formula is C36H26N4. The number of nitrogens with zero attached hydrogens (tertiary/aromatic N) is 2. The van der Waals surface area contributed by atoms with Gasteiger partial charge in [-0.25, -0.2) is 9.97 Å². The van der Waals surface area contributed by atoms with Crippen molar-refractivity contribution in [2.75, 3.05) is 0 Å². The lowest BCUT2D eigenvalue weighted by atomic mass is 10.1. The smallest absolute Gasteiger partial charge is 0.138 e. The molecule has 4 heteroatoms. The second kappa shape index (κ2) is 10.4.